The summed E-state index contributed by atoms with van der Waals surface area (Å²) in [6, 6.07) is 5.31. The standard InChI is InChI=1S/C16H20F2N2O/c1-3-8-20(10-15(17)18)9-7-12-11(2)19-13-5-4-6-14(21)16(12)13/h3-6,15,19,21H,1,7-10H2,2H3. The summed E-state index contributed by atoms with van der Waals surface area (Å²) in [5, 5.41) is 10.8. The topological polar surface area (TPSA) is 39.3 Å². The Kier molecular flexibility index (Phi) is 4.96. The first-order chi connectivity index (χ1) is 10.0. The number of nitrogens with one attached hydrogen (secondary N) is 1. The summed E-state index contributed by atoms with van der Waals surface area (Å²) in [4.78, 5) is 4.88. The summed E-state index contributed by atoms with van der Waals surface area (Å²) in [5.41, 5.74) is 2.81. The molecule has 1 aromatic heterocycles. The molecule has 3 nitrogen and oxygen atoms in total. The Labute approximate surface area is 122 Å². The molecule has 0 saturated carbocycles. The SMILES string of the molecule is C=CCN(CCc1c(C)[nH]c2cccc(O)c12)CC(F)F. The van der Waals surface area contributed by atoms with Crippen LogP contribution < -0.4 is 0 Å². The first kappa shape index (κ1) is 15.5. The van der Waals surface area contributed by atoms with E-state index in [1.54, 1.807) is 23.1 Å². The number of rotatable bonds is 7. The largest absolute Gasteiger partial charge is 0.507 e. The van der Waals surface area contributed by atoms with Crippen LogP contribution in [0.3, 0.4) is 0 Å². The average molecular weight is 294 g/mol. The molecule has 0 fully saturated rings. The molecule has 5 heteroatoms. The summed E-state index contributed by atoms with van der Waals surface area (Å²) in [6.07, 6.45) is -0.131. The number of aromatic nitrogens is 1. The van der Waals surface area contributed by atoms with E-state index in [1.807, 2.05) is 13.0 Å². The highest BCUT2D eigenvalue weighted by Gasteiger charge is 2.15. The van der Waals surface area contributed by atoms with Gasteiger partial charge in [0.25, 0.3) is 6.43 Å². The molecule has 0 saturated heterocycles. The first-order valence-electron chi connectivity index (χ1n) is 6.93. The van der Waals surface area contributed by atoms with Gasteiger partial charge in [0.05, 0.1) is 6.54 Å². The van der Waals surface area contributed by atoms with Gasteiger partial charge in [0, 0.05) is 29.7 Å². The molecule has 0 radical (unpaired) electrons. The number of nitrogens with zero attached hydrogens (tertiary/aromatic N) is 1. The number of aromatic amines is 1. The third kappa shape index (κ3) is 3.61. The molecule has 0 unspecified atom stereocenters. The molecule has 1 aromatic carbocycles. The molecule has 0 amide bonds. The zero-order valence-electron chi connectivity index (χ0n) is 12.1. The van der Waals surface area contributed by atoms with Crippen LogP contribution in [0.1, 0.15) is 11.3 Å². The molecule has 0 aliphatic heterocycles. The fourth-order valence-corrected chi connectivity index (χ4v) is 2.64. The third-order valence-electron chi connectivity index (χ3n) is 3.58. The van der Waals surface area contributed by atoms with Gasteiger partial charge in [0.15, 0.2) is 0 Å². The van der Waals surface area contributed by atoms with Gasteiger partial charge in [-0.25, -0.2) is 8.78 Å². The van der Waals surface area contributed by atoms with E-state index in [0.29, 0.717) is 19.5 Å². The first-order valence-corrected chi connectivity index (χ1v) is 6.93. The van der Waals surface area contributed by atoms with Crippen LogP contribution in [0.25, 0.3) is 10.9 Å². The molecule has 21 heavy (non-hydrogen) atoms. The van der Waals surface area contributed by atoms with Crippen LogP contribution in [0.15, 0.2) is 30.9 Å². The van der Waals surface area contributed by atoms with Crippen molar-refractivity contribution >= 4 is 10.9 Å². The zero-order valence-corrected chi connectivity index (χ0v) is 12.1. The summed E-state index contributed by atoms with van der Waals surface area (Å²) in [6.45, 7) is 6.19. The van der Waals surface area contributed by atoms with E-state index in [4.69, 9.17) is 0 Å². The monoisotopic (exact) mass is 294 g/mol. The highest BCUT2D eigenvalue weighted by Crippen LogP contribution is 2.30. The lowest BCUT2D eigenvalue weighted by molar-refractivity contribution is 0.0943. The second-order valence-corrected chi connectivity index (χ2v) is 5.12. The van der Waals surface area contributed by atoms with E-state index in [0.717, 1.165) is 22.2 Å². The minimum atomic E-state index is -2.36. The summed E-state index contributed by atoms with van der Waals surface area (Å²) in [7, 11) is 0. The number of hydrogen-bond donors (Lipinski definition) is 2. The molecular weight excluding hydrogens is 274 g/mol. The minimum absolute atomic E-state index is 0.219. The number of H-pyrrole nitrogens is 1. The molecule has 2 rings (SSSR count). The van der Waals surface area contributed by atoms with Gasteiger partial charge >= 0.3 is 0 Å². The molecule has 0 atom stereocenters. The molecule has 2 N–H and O–H groups in total. The van der Waals surface area contributed by atoms with Crippen LogP contribution in [-0.2, 0) is 6.42 Å². The minimum Gasteiger partial charge on any atom is -0.507 e. The van der Waals surface area contributed by atoms with E-state index >= 15 is 0 Å². The lowest BCUT2D eigenvalue weighted by atomic mass is 10.1. The number of benzene rings is 1. The quantitative estimate of drug-likeness (QED) is 0.767. The number of halogens is 2. The fraction of sp³-hybridized carbons (Fsp3) is 0.375. The maximum atomic E-state index is 12.5. The van der Waals surface area contributed by atoms with Crippen molar-refractivity contribution in [1.82, 2.24) is 9.88 Å². The van der Waals surface area contributed by atoms with Gasteiger partial charge in [0.1, 0.15) is 5.75 Å². The number of aryl methyl sites for hydroxylation is 1. The van der Waals surface area contributed by atoms with Gasteiger partial charge in [-0.05, 0) is 31.0 Å². The zero-order chi connectivity index (χ0) is 15.4. The second-order valence-electron chi connectivity index (χ2n) is 5.12. The summed E-state index contributed by atoms with van der Waals surface area (Å²) in [5.74, 6) is 0.219. The Bertz CT molecular complexity index is 622. The number of hydrogen-bond acceptors (Lipinski definition) is 2. The van der Waals surface area contributed by atoms with Crippen LogP contribution in [0, 0.1) is 6.92 Å². The normalized spacial score (nSPS) is 11.7. The Morgan fingerprint density at radius 1 is 1.43 bits per heavy atom. The molecule has 0 bridgehead atoms. The smallest absolute Gasteiger partial charge is 0.251 e. The van der Waals surface area contributed by atoms with Gasteiger partial charge in [-0.3, -0.25) is 4.90 Å². The molecule has 0 aliphatic carbocycles. The lowest BCUT2D eigenvalue weighted by Crippen LogP contribution is -2.31. The van der Waals surface area contributed by atoms with Crippen molar-refractivity contribution in [1.29, 1.82) is 0 Å². The van der Waals surface area contributed by atoms with Crippen LogP contribution in [0.4, 0.5) is 8.78 Å². The Morgan fingerprint density at radius 2 is 2.19 bits per heavy atom. The maximum absolute atomic E-state index is 12.5. The lowest BCUT2D eigenvalue weighted by Gasteiger charge is -2.20. The Balaban J connectivity index is 2.19. The molecule has 0 aliphatic rings. The number of aromatic hydroxyl groups is 1. The fourth-order valence-electron chi connectivity index (χ4n) is 2.64. The van der Waals surface area contributed by atoms with Crippen molar-refractivity contribution in [2.75, 3.05) is 19.6 Å². The van der Waals surface area contributed by atoms with E-state index < -0.39 is 6.43 Å². The van der Waals surface area contributed by atoms with Gasteiger partial charge in [-0.2, -0.15) is 0 Å². The highest BCUT2D eigenvalue weighted by atomic mass is 19.3. The average Bonchev–Trinajstić information content (AvgIpc) is 2.73. The van der Waals surface area contributed by atoms with Crippen molar-refractivity contribution < 1.29 is 13.9 Å². The molecule has 1 heterocycles. The van der Waals surface area contributed by atoms with Crippen molar-refractivity contribution in [2.24, 2.45) is 0 Å². The predicted molar refractivity (Wildman–Crippen MR) is 81.0 cm³/mol. The van der Waals surface area contributed by atoms with Gasteiger partial charge in [0.2, 0.25) is 0 Å². The number of fused-ring (bicyclic) bond motifs is 1. The van der Waals surface area contributed by atoms with E-state index in [9.17, 15) is 13.9 Å². The van der Waals surface area contributed by atoms with Crippen molar-refractivity contribution in [2.45, 2.75) is 19.8 Å². The van der Waals surface area contributed by atoms with Crippen molar-refractivity contribution in [3.05, 3.63) is 42.1 Å². The summed E-state index contributed by atoms with van der Waals surface area (Å²) < 4.78 is 25.1. The highest BCUT2D eigenvalue weighted by molar-refractivity contribution is 5.90. The van der Waals surface area contributed by atoms with Crippen molar-refractivity contribution in [3.8, 4) is 5.75 Å². The maximum Gasteiger partial charge on any atom is 0.251 e. The Hall–Kier alpha value is -1.88. The number of alkyl halides is 2. The molecule has 0 spiro atoms. The van der Waals surface area contributed by atoms with E-state index in [-0.39, 0.29) is 12.3 Å². The number of phenols is 1. The summed E-state index contributed by atoms with van der Waals surface area (Å²) >= 11 is 0. The van der Waals surface area contributed by atoms with E-state index in [1.165, 1.54) is 0 Å². The van der Waals surface area contributed by atoms with Crippen LogP contribution in [-0.4, -0.2) is 41.1 Å². The van der Waals surface area contributed by atoms with Gasteiger partial charge in [-0.1, -0.05) is 12.1 Å². The van der Waals surface area contributed by atoms with Gasteiger partial charge < -0.3 is 10.1 Å². The number of phenolic OH excluding ortho intramolecular Hbond substituents is 1. The van der Waals surface area contributed by atoms with Crippen LogP contribution in [0.2, 0.25) is 0 Å². The predicted octanol–water partition coefficient (Wildman–Crippen LogP) is 3.48. The van der Waals surface area contributed by atoms with Crippen LogP contribution in [0.5, 0.6) is 5.75 Å². The van der Waals surface area contributed by atoms with Crippen LogP contribution >= 0.6 is 0 Å². The molecular formula is C16H20F2N2O. The Morgan fingerprint density at radius 3 is 2.86 bits per heavy atom. The molecule has 114 valence electrons. The molecule has 2 aromatic rings. The van der Waals surface area contributed by atoms with Gasteiger partial charge in [-0.15, -0.1) is 6.58 Å². The third-order valence-corrected chi connectivity index (χ3v) is 3.58. The van der Waals surface area contributed by atoms with Crippen molar-refractivity contribution in [3.63, 3.8) is 0 Å². The van der Waals surface area contributed by atoms with E-state index in [2.05, 4.69) is 11.6 Å². The second kappa shape index (κ2) is 6.72.